The largest absolute Gasteiger partial charge is 0.395 e. The van der Waals surface area contributed by atoms with Crippen LogP contribution in [0.1, 0.15) is 17.3 Å². The summed E-state index contributed by atoms with van der Waals surface area (Å²) in [5, 5.41) is 12.2. The second-order valence-corrected chi connectivity index (χ2v) is 5.84. The zero-order chi connectivity index (χ0) is 13.5. The lowest BCUT2D eigenvalue weighted by atomic mass is 10.1. The highest BCUT2D eigenvalue weighted by molar-refractivity contribution is 7.99. The topological polar surface area (TPSA) is 49.3 Å². The molecule has 0 heterocycles. The highest BCUT2D eigenvalue weighted by atomic mass is 32.2. The first kappa shape index (κ1) is 15.4. The molecular weight excluding hydrogens is 266 g/mol. The first-order valence-electron chi connectivity index (χ1n) is 5.71. The Balaban J connectivity index is 2.76. The molecule has 3 nitrogen and oxygen atoms in total. The minimum atomic E-state index is -0.0834. The van der Waals surface area contributed by atoms with Crippen LogP contribution in [0.3, 0.4) is 0 Å². The van der Waals surface area contributed by atoms with Crippen molar-refractivity contribution in [3.63, 3.8) is 0 Å². The van der Waals surface area contributed by atoms with Crippen molar-refractivity contribution in [3.05, 3.63) is 29.8 Å². The lowest BCUT2D eigenvalue weighted by molar-refractivity contribution is 0.0933. The van der Waals surface area contributed by atoms with Crippen molar-refractivity contribution in [1.29, 1.82) is 0 Å². The Morgan fingerprint density at radius 2 is 2.06 bits per heavy atom. The van der Waals surface area contributed by atoms with Crippen LogP contribution in [0.5, 0.6) is 0 Å². The fourth-order valence-electron chi connectivity index (χ4n) is 1.65. The maximum Gasteiger partial charge on any atom is 0.252 e. The van der Waals surface area contributed by atoms with Gasteiger partial charge >= 0.3 is 0 Å². The van der Waals surface area contributed by atoms with E-state index in [0.29, 0.717) is 5.56 Å². The van der Waals surface area contributed by atoms with Crippen LogP contribution in [-0.4, -0.2) is 41.4 Å². The fourth-order valence-corrected chi connectivity index (χ4v) is 2.87. The number of nitrogens with one attached hydrogen (secondary N) is 1. The van der Waals surface area contributed by atoms with E-state index in [1.54, 1.807) is 23.5 Å². The first-order valence-corrected chi connectivity index (χ1v) is 8.22. The molecule has 0 bridgehead atoms. The number of aliphatic hydroxyl groups excluding tert-OH is 1. The number of hydrogen-bond donors (Lipinski definition) is 2. The van der Waals surface area contributed by atoms with Crippen molar-refractivity contribution >= 4 is 29.4 Å². The van der Waals surface area contributed by atoms with E-state index in [9.17, 15) is 9.90 Å². The molecule has 18 heavy (non-hydrogen) atoms. The predicted molar refractivity (Wildman–Crippen MR) is 79.5 cm³/mol. The molecule has 2 N–H and O–H groups in total. The molecule has 0 radical (unpaired) electrons. The van der Waals surface area contributed by atoms with Crippen LogP contribution < -0.4 is 5.32 Å². The third kappa shape index (κ3) is 3.93. The number of carbonyl (C=O) groups excluding carboxylic acids is 1. The highest BCUT2D eigenvalue weighted by Gasteiger charge is 2.19. The summed E-state index contributed by atoms with van der Waals surface area (Å²) < 4.78 is 0. The van der Waals surface area contributed by atoms with Gasteiger partial charge in [-0.15, -0.1) is 11.8 Å². The van der Waals surface area contributed by atoms with E-state index in [-0.39, 0.29) is 23.8 Å². The Hall–Kier alpha value is -0.650. The average Bonchev–Trinajstić information content (AvgIpc) is 2.40. The average molecular weight is 285 g/mol. The SMILES string of the molecule is CSc1ccccc1C(=O)NC(C)C(CO)SC. The van der Waals surface area contributed by atoms with Crippen LogP contribution in [0, 0.1) is 0 Å². The predicted octanol–water partition coefficient (Wildman–Crippen LogP) is 2.25. The standard InChI is InChI=1S/C13H19NO2S2/c1-9(12(8-15)18-3)14-13(16)10-6-4-5-7-11(10)17-2/h4-7,9,12,15H,8H2,1-3H3,(H,14,16). The van der Waals surface area contributed by atoms with Crippen LogP contribution in [-0.2, 0) is 0 Å². The Labute approximate surface area is 117 Å². The number of rotatable bonds is 6. The van der Waals surface area contributed by atoms with Crippen LogP contribution in [0.25, 0.3) is 0 Å². The molecule has 1 aromatic carbocycles. The molecule has 0 saturated heterocycles. The third-order valence-electron chi connectivity index (χ3n) is 2.75. The first-order chi connectivity index (χ1) is 8.63. The maximum atomic E-state index is 12.2. The van der Waals surface area contributed by atoms with Gasteiger partial charge in [-0.1, -0.05) is 12.1 Å². The zero-order valence-corrected chi connectivity index (χ0v) is 12.5. The van der Waals surface area contributed by atoms with Crippen LogP contribution in [0.2, 0.25) is 0 Å². The van der Waals surface area contributed by atoms with E-state index < -0.39 is 0 Å². The van der Waals surface area contributed by atoms with Crippen molar-refractivity contribution < 1.29 is 9.90 Å². The van der Waals surface area contributed by atoms with Crippen molar-refractivity contribution in [3.8, 4) is 0 Å². The number of aliphatic hydroxyl groups is 1. The van der Waals surface area contributed by atoms with Gasteiger partial charge in [0.2, 0.25) is 0 Å². The van der Waals surface area contributed by atoms with Gasteiger partial charge in [-0.25, -0.2) is 0 Å². The summed E-state index contributed by atoms with van der Waals surface area (Å²) in [6.45, 7) is 1.98. The van der Waals surface area contributed by atoms with E-state index in [2.05, 4.69) is 5.32 Å². The zero-order valence-electron chi connectivity index (χ0n) is 10.8. The van der Waals surface area contributed by atoms with E-state index in [4.69, 9.17) is 0 Å². The number of benzene rings is 1. The van der Waals surface area contributed by atoms with Crippen LogP contribution in [0.15, 0.2) is 29.2 Å². The normalized spacial score (nSPS) is 14.0. The van der Waals surface area contributed by atoms with Crippen molar-refractivity contribution in [2.75, 3.05) is 19.1 Å². The summed E-state index contributed by atoms with van der Waals surface area (Å²) in [6.07, 6.45) is 3.88. The van der Waals surface area contributed by atoms with Crippen LogP contribution >= 0.6 is 23.5 Å². The lowest BCUT2D eigenvalue weighted by Crippen LogP contribution is -2.41. The highest BCUT2D eigenvalue weighted by Crippen LogP contribution is 2.20. The van der Waals surface area contributed by atoms with E-state index in [1.807, 2.05) is 43.7 Å². The Morgan fingerprint density at radius 1 is 1.39 bits per heavy atom. The molecule has 0 spiro atoms. The Morgan fingerprint density at radius 3 is 2.61 bits per heavy atom. The molecular formula is C13H19NO2S2. The molecule has 0 aliphatic carbocycles. The van der Waals surface area contributed by atoms with Gasteiger partial charge in [-0.2, -0.15) is 11.8 Å². The lowest BCUT2D eigenvalue weighted by Gasteiger charge is -2.21. The molecule has 0 saturated carbocycles. The smallest absolute Gasteiger partial charge is 0.252 e. The Bertz CT molecular complexity index is 394. The van der Waals surface area contributed by atoms with Crippen molar-refractivity contribution in [2.45, 2.75) is 23.1 Å². The second kappa shape index (κ2) is 7.71. The number of hydrogen-bond acceptors (Lipinski definition) is 4. The molecule has 1 rings (SSSR count). The number of amides is 1. The monoisotopic (exact) mass is 285 g/mol. The van der Waals surface area contributed by atoms with Crippen LogP contribution in [0.4, 0.5) is 0 Å². The summed E-state index contributed by atoms with van der Waals surface area (Å²) >= 11 is 3.11. The second-order valence-electron chi connectivity index (χ2n) is 3.92. The molecule has 0 aromatic heterocycles. The van der Waals surface area contributed by atoms with Gasteiger partial charge in [0, 0.05) is 16.2 Å². The molecule has 1 amide bonds. The van der Waals surface area contributed by atoms with E-state index >= 15 is 0 Å². The molecule has 1 aromatic rings. The summed E-state index contributed by atoms with van der Waals surface area (Å²) in [6, 6.07) is 7.47. The molecule has 0 aliphatic rings. The third-order valence-corrected chi connectivity index (χ3v) is 4.71. The van der Waals surface area contributed by atoms with Gasteiger partial charge in [0.25, 0.3) is 5.91 Å². The van der Waals surface area contributed by atoms with Gasteiger partial charge in [0.05, 0.1) is 12.2 Å². The molecule has 2 unspecified atom stereocenters. The van der Waals surface area contributed by atoms with Gasteiger partial charge < -0.3 is 10.4 Å². The van der Waals surface area contributed by atoms with Gasteiger partial charge in [-0.3, -0.25) is 4.79 Å². The quantitative estimate of drug-likeness (QED) is 0.787. The van der Waals surface area contributed by atoms with Gasteiger partial charge in [0.15, 0.2) is 0 Å². The summed E-state index contributed by atoms with van der Waals surface area (Å²) in [5.41, 5.74) is 0.689. The van der Waals surface area contributed by atoms with Crippen molar-refractivity contribution in [2.24, 2.45) is 0 Å². The molecule has 0 aliphatic heterocycles. The minimum absolute atomic E-state index is 0.0235. The van der Waals surface area contributed by atoms with E-state index in [1.165, 1.54) is 0 Å². The number of thioether (sulfide) groups is 2. The summed E-state index contributed by atoms with van der Waals surface area (Å²) in [5.74, 6) is -0.0834. The maximum absolute atomic E-state index is 12.2. The fraction of sp³-hybridized carbons (Fsp3) is 0.462. The molecule has 5 heteroatoms. The summed E-state index contributed by atoms with van der Waals surface area (Å²) in [4.78, 5) is 13.1. The number of carbonyl (C=O) groups is 1. The molecule has 100 valence electrons. The Kier molecular flexibility index (Phi) is 6.60. The minimum Gasteiger partial charge on any atom is -0.395 e. The molecule has 2 atom stereocenters. The van der Waals surface area contributed by atoms with Gasteiger partial charge in [0.1, 0.15) is 0 Å². The summed E-state index contributed by atoms with van der Waals surface area (Å²) in [7, 11) is 0. The van der Waals surface area contributed by atoms with Gasteiger partial charge in [-0.05, 0) is 31.6 Å². The van der Waals surface area contributed by atoms with E-state index in [0.717, 1.165) is 4.90 Å². The molecule has 0 fully saturated rings. The van der Waals surface area contributed by atoms with Crippen molar-refractivity contribution in [1.82, 2.24) is 5.32 Å².